The van der Waals surface area contributed by atoms with E-state index >= 15 is 0 Å². The van der Waals surface area contributed by atoms with E-state index in [0.29, 0.717) is 19.4 Å². The highest BCUT2D eigenvalue weighted by molar-refractivity contribution is 7.89. The fourth-order valence-electron chi connectivity index (χ4n) is 4.00. The molecule has 1 saturated heterocycles. The first-order valence-corrected chi connectivity index (χ1v) is 10.8. The minimum absolute atomic E-state index is 0.0570. The van der Waals surface area contributed by atoms with Gasteiger partial charge in [-0.1, -0.05) is 0 Å². The normalized spacial score (nSPS) is 21.7. The van der Waals surface area contributed by atoms with E-state index in [-0.39, 0.29) is 23.9 Å². The van der Waals surface area contributed by atoms with Gasteiger partial charge < -0.3 is 14.2 Å². The van der Waals surface area contributed by atoms with Crippen LogP contribution in [0.2, 0.25) is 0 Å². The van der Waals surface area contributed by atoms with Crippen LogP contribution in [0.1, 0.15) is 18.7 Å². The third-order valence-electron chi connectivity index (χ3n) is 5.55. The Morgan fingerprint density at radius 1 is 1.24 bits per heavy atom. The molecule has 0 aliphatic carbocycles. The smallest absolute Gasteiger partial charge is 0.253 e. The number of carbonyl (C=O) groups excluding carboxylic acids is 1. The van der Waals surface area contributed by atoms with Crippen molar-refractivity contribution in [1.29, 1.82) is 0 Å². The highest BCUT2D eigenvalue weighted by Crippen LogP contribution is 2.41. The summed E-state index contributed by atoms with van der Waals surface area (Å²) in [4.78, 5) is 18.5. The van der Waals surface area contributed by atoms with Crippen molar-refractivity contribution in [3.05, 3.63) is 48.3 Å². The fourth-order valence-corrected chi connectivity index (χ4v) is 5.44. The van der Waals surface area contributed by atoms with Crippen molar-refractivity contribution in [2.24, 2.45) is 0 Å². The molecule has 2 aromatic rings. The summed E-state index contributed by atoms with van der Waals surface area (Å²) in [6.07, 6.45) is 3.59. The third-order valence-corrected chi connectivity index (χ3v) is 7.46. The summed E-state index contributed by atoms with van der Waals surface area (Å²) < 4.78 is 48.5. The molecule has 1 atom stereocenters. The molecule has 1 spiro atoms. The molecule has 1 amide bonds. The Morgan fingerprint density at radius 2 is 1.90 bits per heavy atom. The van der Waals surface area contributed by atoms with Crippen LogP contribution in [-0.2, 0) is 31.7 Å². The maximum Gasteiger partial charge on any atom is 0.253 e. The molecule has 0 N–H and O–H groups in total. The molecule has 156 valence electrons. The van der Waals surface area contributed by atoms with Crippen LogP contribution in [0.25, 0.3) is 0 Å². The topological polar surface area (TPSA) is 84.7 Å². The van der Waals surface area contributed by atoms with E-state index in [4.69, 9.17) is 4.74 Å². The second-order valence-corrected chi connectivity index (χ2v) is 9.53. The molecule has 2 aliphatic heterocycles. The van der Waals surface area contributed by atoms with Gasteiger partial charge in [0.1, 0.15) is 17.2 Å². The van der Waals surface area contributed by atoms with Crippen LogP contribution in [-0.4, -0.2) is 66.4 Å². The lowest BCUT2D eigenvalue weighted by Crippen LogP contribution is -2.54. The Kier molecular flexibility index (Phi) is 4.96. The number of likely N-dealkylation sites (N-methyl/N-ethyl adjacent to an activating group) is 1. The van der Waals surface area contributed by atoms with Gasteiger partial charge in [0.2, 0.25) is 10.0 Å². The quantitative estimate of drug-likeness (QED) is 0.742. The van der Waals surface area contributed by atoms with Gasteiger partial charge in [-0.05, 0) is 37.1 Å². The summed E-state index contributed by atoms with van der Waals surface area (Å²) in [5, 5.41) is 0. The zero-order valence-corrected chi connectivity index (χ0v) is 17.1. The molecule has 0 saturated carbocycles. The maximum absolute atomic E-state index is 13.2. The number of hydrogen-bond donors (Lipinski definition) is 0. The Bertz CT molecular complexity index is 1010. The van der Waals surface area contributed by atoms with Gasteiger partial charge in [-0.15, -0.1) is 0 Å². The molecule has 29 heavy (non-hydrogen) atoms. The molecule has 4 rings (SSSR count). The van der Waals surface area contributed by atoms with E-state index in [1.807, 2.05) is 10.8 Å². The maximum atomic E-state index is 13.2. The number of sulfonamides is 1. The van der Waals surface area contributed by atoms with Crippen molar-refractivity contribution in [1.82, 2.24) is 18.8 Å². The minimum Gasteiger partial charge on any atom is -0.352 e. The second-order valence-electron chi connectivity index (χ2n) is 7.59. The highest BCUT2D eigenvalue weighted by Gasteiger charge is 2.48. The zero-order chi connectivity index (χ0) is 20.8. The SMILES string of the molecule is CN(C)C(=O)[C@@H]1Cn2ccnc2C2(CCN(S(=O)(=O)c3ccc(F)cc3)CC2)O1. The Labute approximate surface area is 168 Å². The van der Waals surface area contributed by atoms with Crippen LogP contribution in [0.15, 0.2) is 41.6 Å². The minimum atomic E-state index is -3.73. The van der Waals surface area contributed by atoms with Crippen molar-refractivity contribution < 1.29 is 22.3 Å². The van der Waals surface area contributed by atoms with Crippen LogP contribution in [0.5, 0.6) is 0 Å². The first kappa shape index (κ1) is 20.0. The van der Waals surface area contributed by atoms with E-state index in [2.05, 4.69) is 4.98 Å². The van der Waals surface area contributed by atoms with Gasteiger partial charge >= 0.3 is 0 Å². The predicted molar refractivity (Wildman–Crippen MR) is 102 cm³/mol. The van der Waals surface area contributed by atoms with Gasteiger partial charge in [0.15, 0.2) is 6.10 Å². The van der Waals surface area contributed by atoms with Gasteiger partial charge in [0.25, 0.3) is 5.91 Å². The zero-order valence-electron chi connectivity index (χ0n) is 16.3. The molecular weight excluding hydrogens is 399 g/mol. The molecule has 1 aromatic heterocycles. The van der Waals surface area contributed by atoms with E-state index < -0.39 is 27.5 Å². The number of imidazole rings is 1. The standard InChI is InChI=1S/C19H23FN4O4S/c1-22(2)17(25)16-13-23-12-9-21-18(23)19(28-16)7-10-24(11-8-19)29(26,27)15-5-3-14(20)4-6-15/h3-6,9,12,16H,7-8,10-11,13H2,1-2H3/t16-/m0/s1. The molecule has 0 unspecified atom stereocenters. The molecule has 0 radical (unpaired) electrons. The van der Waals surface area contributed by atoms with Crippen LogP contribution >= 0.6 is 0 Å². The van der Waals surface area contributed by atoms with Crippen LogP contribution in [0.3, 0.4) is 0 Å². The lowest BCUT2D eigenvalue weighted by Gasteiger charge is -2.45. The predicted octanol–water partition coefficient (Wildman–Crippen LogP) is 1.19. The van der Waals surface area contributed by atoms with E-state index in [9.17, 15) is 17.6 Å². The molecule has 0 bridgehead atoms. The molecule has 1 fully saturated rings. The number of ether oxygens (including phenoxy) is 1. The van der Waals surface area contributed by atoms with Crippen LogP contribution in [0.4, 0.5) is 4.39 Å². The number of halogens is 1. The summed E-state index contributed by atoms with van der Waals surface area (Å²) in [7, 11) is -0.372. The first-order valence-electron chi connectivity index (χ1n) is 9.39. The van der Waals surface area contributed by atoms with Crippen molar-refractivity contribution in [2.45, 2.75) is 36.0 Å². The Balaban J connectivity index is 1.57. The number of aromatic nitrogens is 2. The third kappa shape index (κ3) is 3.45. The van der Waals surface area contributed by atoms with Crippen molar-refractivity contribution in [3.8, 4) is 0 Å². The average Bonchev–Trinajstić information content (AvgIpc) is 3.18. The lowest BCUT2D eigenvalue weighted by atomic mass is 9.89. The summed E-state index contributed by atoms with van der Waals surface area (Å²) in [6, 6.07) is 4.81. The van der Waals surface area contributed by atoms with Gasteiger partial charge in [-0.25, -0.2) is 17.8 Å². The second kappa shape index (κ2) is 7.19. The van der Waals surface area contributed by atoms with Crippen LogP contribution in [0, 0.1) is 5.82 Å². The number of nitrogens with zero attached hydrogens (tertiary/aromatic N) is 4. The Hall–Kier alpha value is -2.30. The van der Waals surface area contributed by atoms with Crippen molar-refractivity contribution in [3.63, 3.8) is 0 Å². The highest BCUT2D eigenvalue weighted by atomic mass is 32.2. The number of hydrogen-bond acceptors (Lipinski definition) is 5. The van der Waals surface area contributed by atoms with Gasteiger partial charge in [0.05, 0.1) is 11.4 Å². The number of fused-ring (bicyclic) bond motifs is 2. The van der Waals surface area contributed by atoms with Gasteiger partial charge in [-0.2, -0.15) is 4.31 Å². The largest absolute Gasteiger partial charge is 0.352 e. The number of rotatable bonds is 3. The molecule has 8 nitrogen and oxygen atoms in total. The van der Waals surface area contributed by atoms with Crippen molar-refractivity contribution >= 4 is 15.9 Å². The number of carbonyl (C=O) groups is 1. The number of amides is 1. The molecule has 3 heterocycles. The summed E-state index contributed by atoms with van der Waals surface area (Å²) >= 11 is 0. The lowest BCUT2D eigenvalue weighted by molar-refractivity contribution is -0.177. The summed E-state index contributed by atoms with van der Waals surface area (Å²) in [5.41, 5.74) is -0.813. The van der Waals surface area contributed by atoms with Gasteiger partial charge in [0, 0.05) is 39.6 Å². The fraction of sp³-hybridized carbons (Fsp3) is 0.474. The molecular formula is C19H23FN4O4S. The van der Waals surface area contributed by atoms with E-state index in [1.165, 1.54) is 21.3 Å². The molecule has 10 heteroatoms. The summed E-state index contributed by atoms with van der Waals surface area (Å²) in [5.74, 6) is 0.102. The van der Waals surface area contributed by atoms with Gasteiger partial charge in [-0.3, -0.25) is 4.79 Å². The average molecular weight is 422 g/mol. The van der Waals surface area contributed by atoms with Crippen molar-refractivity contribution in [2.75, 3.05) is 27.2 Å². The first-order chi connectivity index (χ1) is 13.7. The number of piperidine rings is 1. The molecule has 1 aromatic carbocycles. The van der Waals surface area contributed by atoms with E-state index in [1.54, 1.807) is 20.3 Å². The molecule has 2 aliphatic rings. The Morgan fingerprint density at radius 3 is 2.52 bits per heavy atom. The van der Waals surface area contributed by atoms with E-state index in [0.717, 1.165) is 18.0 Å². The summed E-state index contributed by atoms with van der Waals surface area (Å²) in [6.45, 7) is 0.816. The van der Waals surface area contributed by atoms with Crippen LogP contribution < -0.4 is 0 Å². The number of benzene rings is 1. The monoisotopic (exact) mass is 422 g/mol.